The number of rotatable bonds is 12. The molecule has 0 bridgehead atoms. The van der Waals surface area contributed by atoms with Crippen LogP contribution in [0.15, 0.2) is 0 Å². The van der Waals surface area contributed by atoms with Crippen LogP contribution in [0.3, 0.4) is 0 Å². The molecule has 0 radical (unpaired) electrons. The molecule has 0 heterocycles. The normalized spacial score (nSPS) is 12.4. The lowest BCUT2D eigenvalue weighted by molar-refractivity contribution is -0.121. The van der Waals surface area contributed by atoms with Crippen molar-refractivity contribution >= 4 is 5.91 Å². The van der Waals surface area contributed by atoms with Crippen LogP contribution in [0.2, 0.25) is 0 Å². The zero-order chi connectivity index (χ0) is 13.6. The first-order valence-corrected chi connectivity index (χ1v) is 6.26. The molecule has 18 heavy (non-hydrogen) atoms. The second-order valence-electron chi connectivity index (χ2n) is 4.06. The van der Waals surface area contributed by atoms with Gasteiger partial charge >= 0.3 is 0 Å². The summed E-state index contributed by atoms with van der Waals surface area (Å²) >= 11 is 0. The number of carbonyl (C=O) groups is 1. The first kappa shape index (κ1) is 17.3. The molecule has 6 nitrogen and oxygen atoms in total. The van der Waals surface area contributed by atoms with Crippen molar-refractivity contribution in [2.75, 3.05) is 53.7 Å². The summed E-state index contributed by atoms with van der Waals surface area (Å²) in [4.78, 5) is 11.4. The van der Waals surface area contributed by atoms with Crippen LogP contribution in [-0.2, 0) is 19.0 Å². The molecule has 0 spiro atoms. The topological polar surface area (TPSA) is 68.8 Å². The SMILES string of the molecule is COCCOCCCNCC(=O)NC(C)COC. The highest BCUT2D eigenvalue weighted by Crippen LogP contribution is 1.83. The van der Waals surface area contributed by atoms with Gasteiger partial charge in [0.15, 0.2) is 0 Å². The fourth-order valence-electron chi connectivity index (χ4n) is 1.36. The number of ether oxygens (including phenoxy) is 3. The van der Waals surface area contributed by atoms with Gasteiger partial charge < -0.3 is 24.8 Å². The van der Waals surface area contributed by atoms with Crippen molar-refractivity contribution < 1.29 is 19.0 Å². The molecule has 6 heteroatoms. The van der Waals surface area contributed by atoms with E-state index in [-0.39, 0.29) is 11.9 Å². The molecule has 0 aliphatic rings. The predicted molar refractivity (Wildman–Crippen MR) is 69.7 cm³/mol. The maximum atomic E-state index is 11.4. The van der Waals surface area contributed by atoms with Gasteiger partial charge in [-0.05, 0) is 19.9 Å². The standard InChI is InChI=1S/C12H26N2O4/c1-11(10-17-3)14-12(15)9-13-5-4-6-18-8-7-16-2/h11,13H,4-10H2,1-3H3,(H,14,15). The molecular formula is C12H26N2O4. The van der Waals surface area contributed by atoms with Crippen LogP contribution in [0, 0.1) is 0 Å². The van der Waals surface area contributed by atoms with E-state index in [0.29, 0.717) is 33.0 Å². The molecule has 0 aromatic rings. The first-order chi connectivity index (χ1) is 8.70. The average molecular weight is 262 g/mol. The molecule has 0 aromatic carbocycles. The van der Waals surface area contributed by atoms with Crippen LogP contribution < -0.4 is 10.6 Å². The predicted octanol–water partition coefficient (Wildman–Crippen LogP) is -0.220. The van der Waals surface area contributed by atoms with Crippen LogP contribution in [0.1, 0.15) is 13.3 Å². The molecule has 0 saturated carbocycles. The lowest BCUT2D eigenvalue weighted by Gasteiger charge is -2.13. The van der Waals surface area contributed by atoms with Gasteiger partial charge in [0, 0.05) is 26.9 Å². The van der Waals surface area contributed by atoms with E-state index in [0.717, 1.165) is 13.0 Å². The monoisotopic (exact) mass is 262 g/mol. The summed E-state index contributed by atoms with van der Waals surface area (Å²) in [6.07, 6.45) is 0.880. The van der Waals surface area contributed by atoms with Crippen molar-refractivity contribution in [2.45, 2.75) is 19.4 Å². The lowest BCUT2D eigenvalue weighted by atomic mass is 10.3. The van der Waals surface area contributed by atoms with Gasteiger partial charge in [0.1, 0.15) is 0 Å². The van der Waals surface area contributed by atoms with Crippen LogP contribution in [0.25, 0.3) is 0 Å². The summed E-state index contributed by atoms with van der Waals surface area (Å²) in [5.74, 6) is -0.0140. The van der Waals surface area contributed by atoms with Gasteiger partial charge in [-0.15, -0.1) is 0 Å². The van der Waals surface area contributed by atoms with Crippen molar-refractivity contribution in [3.8, 4) is 0 Å². The first-order valence-electron chi connectivity index (χ1n) is 6.26. The Balaban J connectivity index is 3.25. The molecule has 1 amide bonds. The van der Waals surface area contributed by atoms with E-state index >= 15 is 0 Å². The Morgan fingerprint density at radius 2 is 1.94 bits per heavy atom. The largest absolute Gasteiger partial charge is 0.383 e. The van der Waals surface area contributed by atoms with Crippen molar-refractivity contribution in [3.63, 3.8) is 0 Å². The van der Waals surface area contributed by atoms with E-state index in [1.54, 1.807) is 14.2 Å². The molecule has 1 atom stereocenters. The number of nitrogens with one attached hydrogen (secondary N) is 2. The number of amides is 1. The average Bonchev–Trinajstić information content (AvgIpc) is 2.32. The van der Waals surface area contributed by atoms with E-state index in [9.17, 15) is 4.79 Å². The number of hydrogen-bond donors (Lipinski definition) is 2. The van der Waals surface area contributed by atoms with Crippen LogP contribution >= 0.6 is 0 Å². The van der Waals surface area contributed by atoms with Gasteiger partial charge in [-0.25, -0.2) is 0 Å². The molecule has 108 valence electrons. The van der Waals surface area contributed by atoms with Crippen molar-refractivity contribution in [1.82, 2.24) is 10.6 Å². The Hall–Kier alpha value is -0.690. The summed E-state index contributed by atoms with van der Waals surface area (Å²) in [7, 11) is 3.26. The molecule has 0 rings (SSSR count). The molecular weight excluding hydrogens is 236 g/mol. The van der Waals surface area contributed by atoms with Crippen molar-refractivity contribution in [1.29, 1.82) is 0 Å². The Bertz CT molecular complexity index is 203. The number of carbonyl (C=O) groups excluding carboxylic acids is 1. The lowest BCUT2D eigenvalue weighted by Crippen LogP contribution is -2.41. The van der Waals surface area contributed by atoms with Crippen LogP contribution in [0.5, 0.6) is 0 Å². The minimum atomic E-state index is -0.0140. The zero-order valence-electron chi connectivity index (χ0n) is 11.7. The molecule has 0 fully saturated rings. The summed E-state index contributed by atoms with van der Waals surface area (Å²) in [5, 5.41) is 5.88. The van der Waals surface area contributed by atoms with E-state index < -0.39 is 0 Å². The van der Waals surface area contributed by atoms with E-state index in [4.69, 9.17) is 14.2 Å². The van der Waals surface area contributed by atoms with E-state index in [2.05, 4.69) is 10.6 Å². The molecule has 2 N–H and O–H groups in total. The van der Waals surface area contributed by atoms with E-state index in [1.807, 2.05) is 6.92 Å². The van der Waals surface area contributed by atoms with Gasteiger partial charge in [-0.1, -0.05) is 0 Å². The smallest absolute Gasteiger partial charge is 0.234 e. The third-order valence-electron chi connectivity index (χ3n) is 2.18. The Morgan fingerprint density at radius 1 is 1.17 bits per heavy atom. The second-order valence-corrected chi connectivity index (χ2v) is 4.06. The van der Waals surface area contributed by atoms with E-state index in [1.165, 1.54) is 0 Å². The molecule has 1 unspecified atom stereocenters. The maximum Gasteiger partial charge on any atom is 0.234 e. The number of hydrogen-bond acceptors (Lipinski definition) is 5. The Morgan fingerprint density at radius 3 is 2.61 bits per heavy atom. The van der Waals surface area contributed by atoms with Gasteiger partial charge in [-0.3, -0.25) is 4.79 Å². The van der Waals surface area contributed by atoms with Crippen LogP contribution in [-0.4, -0.2) is 65.7 Å². The summed E-state index contributed by atoms with van der Waals surface area (Å²) in [5.41, 5.74) is 0. The fraction of sp³-hybridized carbons (Fsp3) is 0.917. The maximum absolute atomic E-state index is 11.4. The van der Waals surface area contributed by atoms with Crippen molar-refractivity contribution in [3.05, 3.63) is 0 Å². The Kier molecular flexibility index (Phi) is 12.3. The summed E-state index contributed by atoms with van der Waals surface area (Å²) < 4.78 is 15.1. The number of methoxy groups -OCH3 is 2. The minimum absolute atomic E-state index is 0.0140. The van der Waals surface area contributed by atoms with Gasteiger partial charge in [0.2, 0.25) is 5.91 Å². The quantitative estimate of drug-likeness (QED) is 0.476. The van der Waals surface area contributed by atoms with Gasteiger partial charge in [0.25, 0.3) is 0 Å². The second kappa shape index (κ2) is 12.8. The zero-order valence-corrected chi connectivity index (χ0v) is 11.7. The van der Waals surface area contributed by atoms with Crippen LogP contribution in [0.4, 0.5) is 0 Å². The highest BCUT2D eigenvalue weighted by molar-refractivity contribution is 5.78. The van der Waals surface area contributed by atoms with Gasteiger partial charge in [0.05, 0.1) is 26.4 Å². The molecule has 0 aromatic heterocycles. The Labute approximate surface area is 109 Å². The van der Waals surface area contributed by atoms with Gasteiger partial charge in [-0.2, -0.15) is 0 Å². The molecule has 0 saturated heterocycles. The molecule has 0 aliphatic carbocycles. The van der Waals surface area contributed by atoms with Crippen molar-refractivity contribution in [2.24, 2.45) is 0 Å². The third-order valence-corrected chi connectivity index (χ3v) is 2.18. The molecule has 0 aliphatic heterocycles. The highest BCUT2D eigenvalue weighted by Gasteiger charge is 2.05. The minimum Gasteiger partial charge on any atom is -0.383 e. The fourth-order valence-corrected chi connectivity index (χ4v) is 1.36. The summed E-state index contributed by atoms with van der Waals surface area (Å²) in [6.45, 7) is 5.44. The third kappa shape index (κ3) is 11.8. The highest BCUT2D eigenvalue weighted by atomic mass is 16.5. The summed E-state index contributed by atoms with van der Waals surface area (Å²) in [6, 6.07) is 0.0432.